The number of anilines is 1. The fourth-order valence-corrected chi connectivity index (χ4v) is 4.31. The Kier molecular flexibility index (Phi) is 6.91. The van der Waals surface area contributed by atoms with Gasteiger partial charge in [0.25, 0.3) is 5.56 Å². The van der Waals surface area contributed by atoms with E-state index in [1.165, 1.54) is 11.8 Å². The molecule has 3 aromatic rings. The van der Waals surface area contributed by atoms with Crippen molar-refractivity contribution in [3.8, 4) is 11.5 Å². The van der Waals surface area contributed by atoms with Gasteiger partial charge in [0.15, 0.2) is 16.7 Å². The van der Waals surface area contributed by atoms with Crippen LogP contribution in [0.4, 0.5) is 5.69 Å². The molecule has 32 heavy (non-hydrogen) atoms. The van der Waals surface area contributed by atoms with Crippen LogP contribution in [0.15, 0.2) is 46.3 Å². The van der Waals surface area contributed by atoms with E-state index in [1.54, 1.807) is 41.0 Å². The maximum absolute atomic E-state index is 13.1. The van der Waals surface area contributed by atoms with Crippen molar-refractivity contribution in [2.75, 3.05) is 24.3 Å². The van der Waals surface area contributed by atoms with Crippen molar-refractivity contribution in [1.29, 1.82) is 0 Å². The summed E-state index contributed by atoms with van der Waals surface area (Å²) in [5, 5.41) is 4.39. The Labute approximate surface area is 195 Å². The maximum Gasteiger partial charge on any atom is 0.262 e. The zero-order valence-electron chi connectivity index (χ0n) is 17.9. The molecule has 4 rings (SSSR count). The number of carbonyl (C=O) groups is 1. The van der Waals surface area contributed by atoms with Gasteiger partial charge in [0.05, 0.1) is 16.7 Å². The lowest BCUT2D eigenvalue weighted by Gasteiger charge is -2.19. The second kappa shape index (κ2) is 9.83. The molecule has 1 amide bonds. The summed E-state index contributed by atoms with van der Waals surface area (Å²) in [5.41, 5.74) is 1.02. The minimum atomic E-state index is -0.206. The summed E-state index contributed by atoms with van der Waals surface area (Å²) in [6, 6.07) is 10.3. The van der Waals surface area contributed by atoms with Crippen LogP contribution in [0.2, 0.25) is 5.02 Å². The summed E-state index contributed by atoms with van der Waals surface area (Å²) in [4.78, 5) is 30.3. The normalized spacial score (nSPS) is 12.9. The van der Waals surface area contributed by atoms with Crippen LogP contribution in [-0.2, 0) is 11.3 Å². The van der Waals surface area contributed by atoms with Crippen LogP contribution in [0.1, 0.15) is 20.3 Å². The molecule has 0 saturated carbocycles. The number of rotatable bonds is 7. The summed E-state index contributed by atoms with van der Waals surface area (Å²) < 4.78 is 12.7. The van der Waals surface area contributed by atoms with Gasteiger partial charge in [-0.25, -0.2) is 4.98 Å². The lowest BCUT2D eigenvalue weighted by molar-refractivity contribution is -0.113. The molecule has 2 aromatic carbocycles. The Morgan fingerprint density at radius 2 is 1.97 bits per heavy atom. The van der Waals surface area contributed by atoms with Gasteiger partial charge in [-0.3, -0.25) is 14.2 Å². The van der Waals surface area contributed by atoms with Crippen molar-refractivity contribution >= 4 is 45.9 Å². The van der Waals surface area contributed by atoms with Gasteiger partial charge in [0.1, 0.15) is 13.2 Å². The van der Waals surface area contributed by atoms with Crippen molar-refractivity contribution in [2.24, 2.45) is 5.92 Å². The first-order valence-electron chi connectivity index (χ1n) is 10.4. The molecule has 9 heteroatoms. The molecule has 1 aliphatic rings. The summed E-state index contributed by atoms with van der Waals surface area (Å²) in [7, 11) is 0. The number of ether oxygens (including phenoxy) is 2. The zero-order valence-corrected chi connectivity index (χ0v) is 19.5. The minimum Gasteiger partial charge on any atom is -0.486 e. The monoisotopic (exact) mass is 473 g/mol. The highest BCUT2D eigenvalue weighted by molar-refractivity contribution is 7.99. The molecule has 7 nitrogen and oxygen atoms in total. The number of thioether (sulfide) groups is 1. The molecule has 0 radical (unpaired) electrons. The van der Waals surface area contributed by atoms with Crippen molar-refractivity contribution in [3.05, 3.63) is 51.8 Å². The minimum absolute atomic E-state index is 0.106. The van der Waals surface area contributed by atoms with E-state index in [1.807, 2.05) is 0 Å². The molecule has 2 heterocycles. The van der Waals surface area contributed by atoms with Gasteiger partial charge in [-0.05, 0) is 42.7 Å². The van der Waals surface area contributed by atoms with E-state index < -0.39 is 0 Å². The number of benzene rings is 2. The summed E-state index contributed by atoms with van der Waals surface area (Å²) >= 11 is 7.33. The van der Waals surface area contributed by atoms with Gasteiger partial charge in [-0.1, -0.05) is 37.2 Å². The molecular formula is C23H24ClN3O4S. The fourth-order valence-electron chi connectivity index (χ4n) is 3.32. The van der Waals surface area contributed by atoms with Crippen molar-refractivity contribution in [2.45, 2.75) is 32.0 Å². The molecular weight excluding hydrogens is 450 g/mol. The molecule has 0 aliphatic carbocycles. The Bertz CT molecular complexity index is 1210. The van der Waals surface area contributed by atoms with E-state index in [0.717, 1.165) is 6.42 Å². The molecule has 1 N–H and O–H groups in total. The first-order chi connectivity index (χ1) is 15.4. The molecule has 0 atom stereocenters. The number of hydrogen-bond acceptors (Lipinski definition) is 6. The molecule has 0 bridgehead atoms. The van der Waals surface area contributed by atoms with E-state index >= 15 is 0 Å². The molecule has 0 spiro atoms. The smallest absolute Gasteiger partial charge is 0.262 e. The number of halogens is 1. The van der Waals surface area contributed by atoms with Crippen LogP contribution in [0.25, 0.3) is 10.9 Å². The first kappa shape index (κ1) is 22.5. The predicted molar refractivity (Wildman–Crippen MR) is 127 cm³/mol. The van der Waals surface area contributed by atoms with E-state index in [0.29, 0.717) is 63.9 Å². The topological polar surface area (TPSA) is 82.5 Å². The Morgan fingerprint density at radius 1 is 1.19 bits per heavy atom. The fraction of sp³-hybridized carbons (Fsp3) is 0.348. The van der Waals surface area contributed by atoms with E-state index in [-0.39, 0.29) is 17.2 Å². The van der Waals surface area contributed by atoms with Crippen LogP contribution >= 0.6 is 23.4 Å². The third-order valence-corrected chi connectivity index (χ3v) is 6.18. The molecule has 0 unspecified atom stereocenters. The van der Waals surface area contributed by atoms with Gasteiger partial charge < -0.3 is 14.8 Å². The van der Waals surface area contributed by atoms with Crippen LogP contribution < -0.4 is 20.3 Å². The largest absolute Gasteiger partial charge is 0.486 e. The van der Waals surface area contributed by atoms with E-state index in [2.05, 4.69) is 24.1 Å². The highest BCUT2D eigenvalue weighted by Crippen LogP contribution is 2.32. The molecule has 0 saturated heterocycles. The molecule has 168 valence electrons. The van der Waals surface area contributed by atoms with Crippen molar-refractivity contribution in [3.63, 3.8) is 0 Å². The van der Waals surface area contributed by atoms with Gasteiger partial charge in [0.2, 0.25) is 5.91 Å². The van der Waals surface area contributed by atoms with Crippen LogP contribution in [0.3, 0.4) is 0 Å². The SMILES string of the molecule is CC(C)CCn1c(SCC(=O)Nc2ccc3c(c2)OCCO3)nc2cc(Cl)ccc2c1=O. The predicted octanol–water partition coefficient (Wildman–Crippen LogP) is 4.60. The maximum atomic E-state index is 13.1. The Balaban J connectivity index is 1.52. The molecule has 1 aromatic heterocycles. The van der Waals surface area contributed by atoms with Crippen molar-refractivity contribution in [1.82, 2.24) is 9.55 Å². The summed E-state index contributed by atoms with van der Waals surface area (Å²) in [6.45, 7) is 5.73. The highest BCUT2D eigenvalue weighted by atomic mass is 35.5. The number of aromatic nitrogens is 2. The van der Waals surface area contributed by atoms with E-state index in [4.69, 9.17) is 21.1 Å². The number of carbonyl (C=O) groups excluding carboxylic acids is 1. The number of nitrogens with zero attached hydrogens (tertiary/aromatic N) is 2. The van der Waals surface area contributed by atoms with Gasteiger partial charge in [0, 0.05) is 23.3 Å². The van der Waals surface area contributed by atoms with Crippen LogP contribution in [0, 0.1) is 5.92 Å². The van der Waals surface area contributed by atoms with Crippen LogP contribution in [0.5, 0.6) is 11.5 Å². The standard InChI is InChI=1S/C23H24ClN3O4S/c1-14(2)7-8-27-22(29)17-5-3-15(24)11-18(17)26-23(27)32-13-21(28)25-16-4-6-19-20(12-16)31-10-9-30-19/h3-6,11-12,14H,7-10,13H2,1-2H3,(H,25,28). The average molecular weight is 474 g/mol. The summed E-state index contributed by atoms with van der Waals surface area (Å²) in [5.74, 6) is 1.60. The number of hydrogen-bond donors (Lipinski definition) is 1. The number of amides is 1. The molecule has 1 aliphatic heterocycles. The lowest BCUT2D eigenvalue weighted by atomic mass is 10.1. The van der Waals surface area contributed by atoms with Gasteiger partial charge >= 0.3 is 0 Å². The zero-order chi connectivity index (χ0) is 22.7. The first-order valence-corrected chi connectivity index (χ1v) is 11.8. The lowest BCUT2D eigenvalue weighted by Crippen LogP contribution is -2.25. The molecule has 0 fully saturated rings. The van der Waals surface area contributed by atoms with Gasteiger partial charge in [-0.15, -0.1) is 0 Å². The van der Waals surface area contributed by atoms with E-state index in [9.17, 15) is 9.59 Å². The average Bonchev–Trinajstić information content (AvgIpc) is 2.76. The number of nitrogens with one attached hydrogen (secondary N) is 1. The summed E-state index contributed by atoms with van der Waals surface area (Å²) in [6.07, 6.45) is 0.831. The highest BCUT2D eigenvalue weighted by Gasteiger charge is 2.16. The Hall–Kier alpha value is -2.71. The van der Waals surface area contributed by atoms with Crippen molar-refractivity contribution < 1.29 is 14.3 Å². The Morgan fingerprint density at radius 3 is 2.75 bits per heavy atom. The van der Waals surface area contributed by atoms with Crippen LogP contribution in [-0.4, -0.2) is 34.4 Å². The van der Waals surface area contributed by atoms with Gasteiger partial charge in [-0.2, -0.15) is 0 Å². The number of fused-ring (bicyclic) bond motifs is 2. The third-order valence-electron chi connectivity index (χ3n) is 4.97. The second-order valence-corrected chi connectivity index (χ2v) is 9.27. The second-order valence-electron chi connectivity index (χ2n) is 7.89. The third kappa shape index (κ3) is 5.19. The quantitative estimate of drug-likeness (QED) is 0.399.